The molecule has 0 aliphatic heterocycles. The second kappa shape index (κ2) is 4.49. The molecule has 0 bridgehead atoms. The molecule has 0 aliphatic rings. The predicted octanol–water partition coefficient (Wildman–Crippen LogP) is 3.98. The number of nitrogens with zero attached hydrogens (tertiary/aromatic N) is 1. The number of aromatic nitrogens is 1. The van der Waals surface area contributed by atoms with Crippen LogP contribution in [0.4, 0.5) is 5.69 Å². The summed E-state index contributed by atoms with van der Waals surface area (Å²) in [7, 11) is 0. The second-order valence-electron chi connectivity index (χ2n) is 5.49. The van der Waals surface area contributed by atoms with E-state index in [0.717, 1.165) is 23.4 Å². The maximum absolute atomic E-state index is 5.78. The second-order valence-corrected chi connectivity index (χ2v) is 6.43. The van der Waals surface area contributed by atoms with Crippen molar-refractivity contribution in [3.05, 3.63) is 34.7 Å². The Labute approximate surface area is 107 Å². The molecule has 0 saturated carbocycles. The van der Waals surface area contributed by atoms with E-state index in [2.05, 4.69) is 31.1 Å². The van der Waals surface area contributed by atoms with E-state index in [4.69, 9.17) is 5.73 Å². The SMILES string of the molecule is CC(C)(C)Cc1nc(-c2cccc(N)c2)cs1. The van der Waals surface area contributed by atoms with Crippen molar-refractivity contribution in [3.63, 3.8) is 0 Å². The number of anilines is 1. The van der Waals surface area contributed by atoms with Crippen LogP contribution in [0.5, 0.6) is 0 Å². The minimum absolute atomic E-state index is 0.283. The third kappa shape index (κ3) is 3.30. The van der Waals surface area contributed by atoms with Gasteiger partial charge in [-0.25, -0.2) is 4.98 Å². The monoisotopic (exact) mass is 246 g/mol. The summed E-state index contributed by atoms with van der Waals surface area (Å²) in [5, 5.41) is 3.30. The fourth-order valence-electron chi connectivity index (χ4n) is 1.68. The molecule has 1 aromatic carbocycles. The highest BCUT2D eigenvalue weighted by atomic mass is 32.1. The van der Waals surface area contributed by atoms with Gasteiger partial charge in [-0.05, 0) is 17.5 Å². The minimum Gasteiger partial charge on any atom is -0.399 e. The van der Waals surface area contributed by atoms with Crippen molar-refractivity contribution in [1.82, 2.24) is 4.98 Å². The van der Waals surface area contributed by atoms with Crippen LogP contribution in [0.15, 0.2) is 29.6 Å². The molecule has 2 aromatic rings. The van der Waals surface area contributed by atoms with Crippen LogP contribution in [-0.4, -0.2) is 4.98 Å². The van der Waals surface area contributed by atoms with E-state index < -0.39 is 0 Å². The smallest absolute Gasteiger partial charge is 0.0937 e. The maximum atomic E-state index is 5.78. The number of nitrogens with two attached hydrogens (primary N) is 1. The molecule has 17 heavy (non-hydrogen) atoms. The zero-order chi connectivity index (χ0) is 12.5. The summed E-state index contributed by atoms with van der Waals surface area (Å²) in [6.07, 6.45) is 1.01. The van der Waals surface area contributed by atoms with Gasteiger partial charge < -0.3 is 5.73 Å². The number of hydrogen-bond donors (Lipinski definition) is 1. The average molecular weight is 246 g/mol. The summed E-state index contributed by atoms with van der Waals surface area (Å²) in [6.45, 7) is 6.69. The predicted molar refractivity (Wildman–Crippen MR) is 75.1 cm³/mol. The quantitative estimate of drug-likeness (QED) is 0.814. The van der Waals surface area contributed by atoms with Crippen molar-refractivity contribution in [1.29, 1.82) is 0 Å². The van der Waals surface area contributed by atoms with Crippen LogP contribution in [0.25, 0.3) is 11.3 Å². The van der Waals surface area contributed by atoms with Crippen LogP contribution < -0.4 is 5.73 Å². The van der Waals surface area contributed by atoms with Crippen LogP contribution in [-0.2, 0) is 6.42 Å². The van der Waals surface area contributed by atoms with E-state index in [9.17, 15) is 0 Å². The molecule has 0 fully saturated rings. The van der Waals surface area contributed by atoms with Gasteiger partial charge in [0.15, 0.2) is 0 Å². The molecule has 0 amide bonds. The molecule has 1 heterocycles. The Hall–Kier alpha value is -1.35. The molecule has 0 radical (unpaired) electrons. The number of rotatable bonds is 2. The van der Waals surface area contributed by atoms with Gasteiger partial charge in [0.1, 0.15) is 0 Å². The highest BCUT2D eigenvalue weighted by molar-refractivity contribution is 7.09. The molecule has 3 heteroatoms. The molecule has 90 valence electrons. The summed E-state index contributed by atoms with van der Waals surface area (Å²) < 4.78 is 0. The average Bonchev–Trinajstić information content (AvgIpc) is 2.63. The van der Waals surface area contributed by atoms with E-state index >= 15 is 0 Å². The summed E-state index contributed by atoms with van der Waals surface area (Å²) in [5.41, 5.74) is 8.98. The van der Waals surface area contributed by atoms with Crippen LogP contribution in [0.2, 0.25) is 0 Å². The number of hydrogen-bond acceptors (Lipinski definition) is 3. The van der Waals surface area contributed by atoms with E-state index in [1.54, 1.807) is 11.3 Å². The van der Waals surface area contributed by atoms with Gasteiger partial charge in [-0.2, -0.15) is 0 Å². The Balaban J connectivity index is 2.24. The van der Waals surface area contributed by atoms with Gasteiger partial charge in [-0.3, -0.25) is 0 Å². The Bertz CT molecular complexity index is 509. The Kier molecular flexibility index (Phi) is 3.20. The highest BCUT2D eigenvalue weighted by Gasteiger charge is 2.14. The topological polar surface area (TPSA) is 38.9 Å². The van der Waals surface area contributed by atoms with E-state index in [1.165, 1.54) is 5.01 Å². The van der Waals surface area contributed by atoms with Crippen molar-refractivity contribution in [2.45, 2.75) is 27.2 Å². The van der Waals surface area contributed by atoms with Crippen LogP contribution in [0.3, 0.4) is 0 Å². The molecular formula is C14H18N2S. The Morgan fingerprint density at radius 1 is 1.29 bits per heavy atom. The zero-order valence-corrected chi connectivity index (χ0v) is 11.3. The molecular weight excluding hydrogens is 228 g/mol. The summed E-state index contributed by atoms with van der Waals surface area (Å²) in [5.74, 6) is 0. The van der Waals surface area contributed by atoms with Crippen molar-refractivity contribution in [2.75, 3.05) is 5.73 Å². The molecule has 0 spiro atoms. The molecule has 2 rings (SSSR count). The van der Waals surface area contributed by atoms with Gasteiger partial charge >= 0.3 is 0 Å². The number of thiazole rings is 1. The van der Waals surface area contributed by atoms with Crippen LogP contribution in [0.1, 0.15) is 25.8 Å². The van der Waals surface area contributed by atoms with Gasteiger partial charge in [0.25, 0.3) is 0 Å². The first kappa shape index (κ1) is 12.1. The normalized spacial score (nSPS) is 11.7. The van der Waals surface area contributed by atoms with Crippen LogP contribution >= 0.6 is 11.3 Å². The van der Waals surface area contributed by atoms with E-state index in [-0.39, 0.29) is 5.41 Å². The molecule has 0 atom stereocenters. The van der Waals surface area contributed by atoms with Crippen molar-refractivity contribution >= 4 is 17.0 Å². The molecule has 1 aromatic heterocycles. The molecule has 2 N–H and O–H groups in total. The van der Waals surface area contributed by atoms with Crippen molar-refractivity contribution in [2.24, 2.45) is 5.41 Å². The standard InChI is InChI=1S/C14H18N2S/c1-14(2,3)8-13-16-12(9-17-13)10-5-4-6-11(15)7-10/h4-7,9H,8,15H2,1-3H3. The molecule has 2 nitrogen and oxygen atoms in total. The lowest BCUT2D eigenvalue weighted by Crippen LogP contribution is -2.08. The van der Waals surface area contributed by atoms with Crippen molar-refractivity contribution < 1.29 is 0 Å². The molecule has 0 unspecified atom stereocenters. The first-order valence-electron chi connectivity index (χ1n) is 5.74. The summed E-state index contributed by atoms with van der Waals surface area (Å²) in [4.78, 5) is 4.67. The largest absolute Gasteiger partial charge is 0.399 e. The fraction of sp³-hybridized carbons (Fsp3) is 0.357. The van der Waals surface area contributed by atoms with Gasteiger partial charge in [0.05, 0.1) is 10.7 Å². The zero-order valence-electron chi connectivity index (χ0n) is 10.5. The summed E-state index contributed by atoms with van der Waals surface area (Å²) >= 11 is 1.73. The van der Waals surface area contributed by atoms with Crippen LogP contribution in [0, 0.1) is 5.41 Å². The Morgan fingerprint density at radius 2 is 2.06 bits per heavy atom. The first-order valence-corrected chi connectivity index (χ1v) is 6.62. The highest BCUT2D eigenvalue weighted by Crippen LogP contribution is 2.27. The third-order valence-electron chi connectivity index (χ3n) is 2.42. The first-order chi connectivity index (χ1) is 7.94. The van der Waals surface area contributed by atoms with E-state index in [0.29, 0.717) is 0 Å². The lowest BCUT2D eigenvalue weighted by Gasteiger charge is -2.15. The maximum Gasteiger partial charge on any atom is 0.0937 e. The lowest BCUT2D eigenvalue weighted by atomic mass is 9.93. The minimum atomic E-state index is 0.283. The lowest BCUT2D eigenvalue weighted by molar-refractivity contribution is 0.410. The van der Waals surface area contributed by atoms with Gasteiger partial charge in [0, 0.05) is 23.1 Å². The number of benzene rings is 1. The van der Waals surface area contributed by atoms with Gasteiger partial charge in [0.2, 0.25) is 0 Å². The van der Waals surface area contributed by atoms with Crippen molar-refractivity contribution in [3.8, 4) is 11.3 Å². The summed E-state index contributed by atoms with van der Waals surface area (Å²) in [6, 6.07) is 7.88. The van der Waals surface area contributed by atoms with Gasteiger partial charge in [-0.15, -0.1) is 11.3 Å². The third-order valence-corrected chi connectivity index (χ3v) is 3.26. The van der Waals surface area contributed by atoms with E-state index in [1.807, 2.05) is 24.3 Å². The molecule has 0 aliphatic carbocycles. The Morgan fingerprint density at radius 3 is 2.71 bits per heavy atom. The molecule has 0 saturated heterocycles. The van der Waals surface area contributed by atoms with Gasteiger partial charge in [-0.1, -0.05) is 32.9 Å². The fourth-order valence-corrected chi connectivity index (χ4v) is 2.78. The number of nitrogen functional groups attached to an aromatic ring is 1.